The van der Waals surface area contributed by atoms with E-state index in [1.807, 2.05) is 16.3 Å². The van der Waals surface area contributed by atoms with Gasteiger partial charge in [-0.3, -0.25) is 9.59 Å². The molecule has 0 unspecified atom stereocenters. The maximum Gasteiger partial charge on any atom is 0.227 e. The van der Waals surface area contributed by atoms with Gasteiger partial charge in [0.05, 0.1) is 11.3 Å². The van der Waals surface area contributed by atoms with Crippen LogP contribution in [0.4, 0.5) is 0 Å². The number of carbonyl (C=O) groups is 2. The van der Waals surface area contributed by atoms with Gasteiger partial charge in [0.2, 0.25) is 5.91 Å². The van der Waals surface area contributed by atoms with Crippen molar-refractivity contribution < 1.29 is 9.59 Å². The number of carbonyl (C=O) groups excluding carboxylic acids is 2. The lowest BCUT2D eigenvalue weighted by Crippen LogP contribution is -2.31. The minimum absolute atomic E-state index is 0.0584. The number of Topliss-reactive ketones (excluding diaryl/α,β-unsaturated/α-hetero) is 1. The molecule has 98 valence electrons. The number of hydrogen-bond acceptors (Lipinski definition) is 4. The Morgan fingerprint density at radius 1 is 1.56 bits per heavy atom. The van der Waals surface area contributed by atoms with Gasteiger partial charge < -0.3 is 10.6 Å². The molecule has 1 atom stereocenters. The minimum Gasteiger partial charge on any atom is -0.342 e. The number of likely N-dealkylation sites (tertiary alicyclic amines) is 1. The third kappa shape index (κ3) is 2.97. The van der Waals surface area contributed by atoms with Crippen molar-refractivity contribution in [1.29, 1.82) is 0 Å². The number of amides is 1. The predicted octanol–water partition coefficient (Wildman–Crippen LogP) is 1.30. The lowest BCUT2D eigenvalue weighted by atomic mass is 10.1. The predicted molar refractivity (Wildman–Crippen MR) is 71.8 cm³/mol. The highest BCUT2D eigenvalue weighted by Gasteiger charge is 2.25. The fourth-order valence-corrected chi connectivity index (χ4v) is 3.01. The van der Waals surface area contributed by atoms with E-state index in [0.717, 1.165) is 30.0 Å². The Morgan fingerprint density at radius 2 is 2.33 bits per heavy atom. The molecule has 2 heterocycles. The third-order valence-corrected chi connectivity index (χ3v) is 4.41. The van der Waals surface area contributed by atoms with Gasteiger partial charge in [-0.2, -0.15) is 0 Å². The van der Waals surface area contributed by atoms with E-state index in [2.05, 4.69) is 0 Å². The zero-order chi connectivity index (χ0) is 13.1. The van der Waals surface area contributed by atoms with E-state index < -0.39 is 0 Å². The van der Waals surface area contributed by atoms with Crippen LogP contribution in [0.1, 0.15) is 28.6 Å². The molecule has 18 heavy (non-hydrogen) atoms. The zero-order valence-corrected chi connectivity index (χ0v) is 11.3. The second kappa shape index (κ2) is 5.63. The van der Waals surface area contributed by atoms with Crippen molar-refractivity contribution in [2.75, 3.05) is 19.6 Å². The van der Waals surface area contributed by atoms with Gasteiger partial charge in [0.15, 0.2) is 5.78 Å². The first-order valence-corrected chi connectivity index (χ1v) is 7.04. The van der Waals surface area contributed by atoms with E-state index >= 15 is 0 Å². The molecule has 2 N–H and O–H groups in total. The van der Waals surface area contributed by atoms with Crippen molar-refractivity contribution in [2.45, 2.75) is 19.8 Å². The molecule has 0 radical (unpaired) electrons. The van der Waals surface area contributed by atoms with Crippen LogP contribution in [0.15, 0.2) is 11.4 Å². The molecule has 1 fully saturated rings. The highest BCUT2D eigenvalue weighted by molar-refractivity contribution is 7.12. The molecule has 0 aliphatic carbocycles. The van der Waals surface area contributed by atoms with Crippen molar-refractivity contribution in [3.8, 4) is 0 Å². The maximum atomic E-state index is 12.1. The molecule has 0 aromatic carbocycles. The SMILES string of the molecule is CC(=O)c1cc(CC(=O)N2CC[C@H](CN)C2)cs1. The quantitative estimate of drug-likeness (QED) is 0.836. The molecule has 1 saturated heterocycles. The first-order valence-electron chi connectivity index (χ1n) is 6.16. The van der Waals surface area contributed by atoms with Crippen LogP contribution in [-0.4, -0.2) is 36.2 Å². The summed E-state index contributed by atoms with van der Waals surface area (Å²) in [7, 11) is 0. The summed E-state index contributed by atoms with van der Waals surface area (Å²) in [5.41, 5.74) is 6.55. The van der Waals surface area contributed by atoms with Crippen molar-refractivity contribution in [3.63, 3.8) is 0 Å². The first kappa shape index (κ1) is 13.2. The number of ketones is 1. The Bertz CT molecular complexity index is 456. The zero-order valence-electron chi connectivity index (χ0n) is 10.5. The standard InChI is InChI=1S/C13H18N2O2S/c1-9(16)12-4-11(8-18-12)5-13(17)15-3-2-10(6-14)7-15/h4,8,10H,2-3,5-7,14H2,1H3/t10-/m1/s1. The molecular weight excluding hydrogens is 248 g/mol. The molecule has 1 aromatic rings. The summed E-state index contributed by atoms with van der Waals surface area (Å²) in [5.74, 6) is 0.645. The molecule has 1 aromatic heterocycles. The van der Waals surface area contributed by atoms with Gasteiger partial charge in [-0.25, -0.2) is 0 Å². The number of nitrogens with zero attached hydrogens (tertiary/aromatic N) is 1. The number of hydrogen-bond donors (Lipinski definition) is 1. The van der Waals surface area contributed by atoms with Gasteiger partial charge in [0.1, 0.15) is 0 Å². The molecular formula is C13H18N2O2S. The van der Waals surface area contributed by atoms with Crippen LogP contribution < -0.4 is 5.73 Å². The van der Waals surface area contributed by atoms with Crippen LogP contribution in [0.5, 0.6) is 0 Å². The van der Waals surface area contributed by atoms with Crippen molar-refractivity contribution in [1.82, 2.24) is 4.90 Å². The van der Waals surface area contributed by atoms with Gasteiger partial charge >= 0.3 is 0 Å². The van der Waals surface area contributed by atoms with Gasteiger partial charge in [-0.1, -0.05) is 0 Å². The van der Waals surface area contributed by atoms with Crippen molar-refractivity contribution in [3.05, 3.63) is 21.9 Å². The van der Waals surface area contributed by atoms with E-state index in [-0.39, 0.29) is 11.7 Å². The van der Waals surface area contributed by atoms with E-state index in [1.165, 1.54) is 11.3 Å². The lowest BCUT2D eigenvalue weighted by molar-refractivity contribution is -0.129. The summed E-state index contributed by atoms with van der Waals surface area (Å²) in [6, 6.07) is 1.82. The second-order valence-corrected chi connectivity index (χ2v) is 5.69. The van der Waals surface area contributed by atoms with Gasteiger partial charge in [0, 0.05) is 13.1 Å². The summed E-state index contributed by atoms with van der Waals surface area (Å²) in [6.45, 7) is 3.78. The first-order chi connectivity index (χ1) is 8.60. The van der Waals surface area contributed by atoms with Crippen LogP contribution >= 0.6 is 11.3 Å². The van der Waals surface area contributed by atoms with E-state index in [0.29, 0.717) is 18.9 Å². The number of nitrogens with two attached hydrogens (primary N) is 1. The molecule has 0 saturated carbocycles. The lowest BCUT2D eigenvalue weighted by Gasteiger charge is -2.15. The summed E-state index contributed by atoms with van der Waals surface area (Å²) in [6.07, 6.45) is 1.39. The van der Waals surface area contributed by atoms with Gasteiger partial charge in [-0.15, -0.1) is 11.3 Å². The molecule has 0 bridgehead atoms. The van der Waals surface area contributed by atoms with Crippen molar-refractivity contribution in [2.24, 2.45) is 11.7 Å². The number of rotatable bonds is 4. The Hall–Kier alpha value is -1.20. The summed E-state index contributed by atoms with van der Waals surface area (Å²) >= 11 is 1.41. The summed E-state index contributed by atoms with van der Waals surface area (Å²) in [4.78, 5) is 25.8. The molecule has 2 rings (SSSR count). The molecule has 1 aliphatic rings. The van der Waals surface area contributed by atoms with Crippen LogP contribution in [0, 0.1) is 5.92 Å². The topological polar surface area (TPSA) is 63.4 Å². The normalized spacial score (nSPS) is 19.2. The smallest absolute Gasteiger partial charge is 0.227 e. The molecule has 5 heteroatoms. The van der Waals surface area contributed by atoms with Crippen LogP contribution in [0.2, 0.25) is 0 Å². The second-order valence-electron chi connectivity index (χ2n) is 4.78. The monoisotopic (exact) mass is 266 g/mol. The van der Waals surface area contributed by atoms with Crippen LogP contribution in [0.3, 0.4) is 0 Å². The fraction of sp³-hybridized carbons (Fsp3) is 0.538. The van der Waals surface area contributed by atoms with Crippen LogP contribution in [-0.2, 0) is 11.2 Å². The minimum atomic E-state index is 0.0584. The van der Waals surface area contributed by atoms with Gasteiger partial charge in [0.25, 0.3) is 0 Å². The highest BCUT2D eigenvalue weighted by atomic mass is 32.1. The average Bonchev–Trinajstić information content (AvgIpc) is 2.96. The van der Waals surface area contributed by atoms with E-state index in [9.17, 15) is 9.59 Å². The summed E-state index contributed by atoms with van der Waals surface area (Å²) < 4.78 is 0. The van der Waals surface area contributed by atoms with E-state index in [4.69, 9.17) is 5.73 Å². The molecule has 4 nitrogen and oxygen atoms in total. The Kier molecular flexibility index (Phi) is 4.14. The third-order valence-electron chi connectivity index (χ3n) is 3.33. The van der Waals surface area contributed by atoms with E-state index in [1.54, 1.807) is 6.92 Å². The Balaban J connectivity index is 1.93. The average molecular weight is 266 g/mol. The Morgan fingerprint density at radius 3 is 2.89 bits per heavy atom. The molecule has 1 aliphatic heterocycles. The largest absolute Gasteiger partial charge is 0.342 e. The summed E-state index contributed by atoms with van der Waals surface area (Å²) in [5, 5.41) is 1.89. The highest BCUT2D eigenvalue weighted by Crippen LogP contribution is 2.19. The van der Waals surface area contributed by atoms with Crippen LogP contribution in [0.25, 0.3) is 0 Å². The van der Waals surface area contributed by atoms with Gasteiger partial charge in [-0.05, 0) is 42.8 Å². The maximum absolute atomic E-state index is 12.1. The van der Waals surface area contributed by atoms with Crippen molar-refractivity contribution >= 4 is 23.0 Å². The number of thiophene rings is 1. The fourth-order valence-electron chi connectivity index (χ4n) is 2.19. The Labute approximate surface area is 111 Å². The molecule has 0 spiro atoms. The molecule has 1 amide bonds.